The van der Waals surface area contributed by atoms with Gasteiger partial charge in [0.15, 0.2) is 5.78 Å². The number of alkyl halides is 4. The number of cyclic esters (lactones) is 2. The van der Waals surface area contributed by atoms with Gasteiger partial charge >= 0.3 is 35.8 Å². The number of ketones is 1. The number of aldehydes is 1. The molecule has 4 aliphatic heterocycles. The molecule has 0 aromatic heterocycles. The third-order valence-electron chi connectivity index (χ3n) is 13.5. The zero-order chi connectivity index (χ0) is 58.0. The van der Waals surface area contributed by atoms with Gasteiger partial charge in [0, 0.05) is 17.3 Å². The van der Waals surface area contributed by atoms with Crippen molar-refractivity contribution in [3.05, 3.63) is 163 Å². The predicted octanol–water partition coefficient (Wildman–Crippen LogP) is 8.01. The lowest BCUT2D eigenvalue weighted by Crippen LogP contribution is -2.32. The molecule has 3 aromatic rings. The zero-order valence-corrected chi connectivity index (χ0v) is 45.4. The Hall–Kier alpha value is -8.00. The van der Waals surface area contributed by atoms with Crippen LogP contribution in [0.5, 0.6) is 0 Å². The van der Waals surface area contributed by atoms with E-state index in [1.165, 1.54) is 39.7 Å². The first-order valence-electron chi connectivity index (χ1n) is 25.8. The molecule has 3 fully saturated rings. The first-order valence-corrected chi connectivity index (χ1v) is 26.3. The van der Waals surface area contributed by atoms with Gasteiger partial charge in [-0.3, -0.25) is 14.4 Å². The molecule has 0 spiro atoms. The summed E-state index contributed by atoms with van der Waals surface area (Å²) in [6.45, 7) is -0.413. The molecule has 0 unspecified atom stereocenters. The molecular formula is C59H63ClF3N3O14. The number of nitrogens with one attached hydrogen (secondary N) is 2. The van der Waals surface area contributed by atoms with Crippen LogP contribution in [0.2, 0.25) is 0 Å². The van der Waals surface area contributed by atoms with Crippen LogP contribution in [0.3, 0.4) is 0 Å². The number of carbonyl (C=O) groups excluding carboxylic acids is 8. The molecule has 4 heterocycles. The average Bonchev–Trinajstić information content (AvgIpc) is 4.57. The molecule has 10 rings (SSSR count). The van der Waals surface area contributed by atoms with Crippen LogP contribution in [0.25, 0.3) is 0 Å². The van der Waals surface area contributed by atoms with Crippen LogP contribution >= 0.6 is 11.6 Å². The molecule has 3 aromatic carbocycles. The van der Waals surface area contributed by atoms with Gasteiger partial charge in [-0.15, -0.1) is 11.6 Å². The van der Waals surface area contributed by atoms with E-state index >= 15 is 0 Å². The van der Waals surface area contributed by atoms with Gasteiger partial charge < -0.3 is 44.8 Å². The molecule has 17 nitrogen and oxygen atoms in total. The Morgan fingerprint density at radius 3 is 1.43 bits per heavy atom. The number of methoxy groups -OCH3 is 3. The Morgan fingerprint density at radius 1 is 0.650 bits per heavy atom. The van der Waals surface area contributed by atoms with Crippen LogP contribution in [-0.2, 0) is 62.0 Å². The molecular weight excluding hydrogens is 1070 g/mol. The van der Waals surface area contributed by atoms with Crippen molar-refractivity contribution in [1.82, 2.24) is 10.6 Å². The fraction of sp³-hybridized carbons (Fsp3) is 0.390. The fourth-order valence-electron chi connectivity index (χ4n) is 9.43. The Balaban J connectivity index is 0.000000174. The largest absolute Gasteiger partial charge is 0.466 e. The van der Waals surface area contributed by atoms with Gasteiger partial charge in [-0.2, -0.15) is 0 Å². The third-order valence-corrected chi connectivity index (χ3v) is 13.8. The molecule has 80 heavy (non-hydrogen) atoms. The van der Waals surface area contributed by atoms with Gasteiger partial charge in [-0.1, -0.05) is 72.8 Å². The molecule has 0 bridgehead atoms. The van der Waals surface area contributed by atoms with Gasteiger partial charge in [0.25, 0.3) is 0 Å². The lowest BCUT2D eigenvalue weighted by Gasteiger charge is -2.29. The summed E-state index contributed by atoms with van der Waals surface area (Å²) in [5, 5.41) is 5.72. The fourth-order valence-corrected chi connectivity index (χ4v) is 9.52. The molecule has 3 aliphatic carbocycles. The zero-order valence-electron chi connectivity index (χ0n) is 44.7. The van der Waals surface area contributed by atoms with E-state index in [1.807, 2.05) is 66.7 Å². The van der Waals surface area contributed by atoms with Gasteiger partial charge in [-0.25, -0.2) is 37.1 Å². The number of hydrogen-bond acceptors (Lipinski definition) is 17. The summed E-state index contributed by atoms with van der Waals surface area (Å²) < 4.78 is 67.5. The second kappa shape index (κ2) is 29.3. The number of benzene rings is 3. The summed E-state index contributed by atoms with van der Waals surface area (Å²) in [6, 6.07) is 23.3. The lowest BCUT2D eigenvalue weighted by molar-refractivity contribution is -0.145. The van der Waals surface area contributed by atoms with Crippen LogP contribution in [-0.4, -0.2) is 115 Å². The van der Waals surface area contributed by atoms with Crippen LogP contribution in [0.1, 0.15) is 120 Å². The maximum atomic E-state index is 13.7. The molecule has 7 aliphatic rings. The highest BCUT2D eigenvalue weighted by atomic mass is 35.5. The Bertz CT molecular complexity index is 2870. The molecule has 426 valence electrons. The van der Waals surface area contributed by atoms with Crippen LogP contribution < -0.4 is 16.4 Å². The number of dihydropyridines is 2. The van der Waals surface area contributed by atoms with E-state index in [-0.39, 0.29) is 59.5 Å². The van der Waals surface area contributed by atoms with E-state index in [0.29, 0.717) is 46.9 Å². The molecule has 4 N–H and O–H groups in total. The van der Waals surface area contributed by atoms with Crippen LogP contribution in [0.15, 0.2) is 130 Å². The first kappa shape index (κ1) is 61.2. The van der Waals surface area contributed by atoms with Gasteiger partial charge in [0.05, 0.1) is 90.7 Å². The van der Waals surface area contributed by atoms with Crippen molar-refractivity contribution in [2.45, 2.75) is 81.5 Å². The second-order valence-electron chi connectivity index (χ2n) is 18.9. The normalized spacial score (nSPS) is 18.7. The lowest BCUT2D eigenvalue weighted by atomic mass is 9.78. The molecule has 3 saturated carbocycles. The quantitative estimate of drug-likeness (QED) is 0.0307. The van der Waals surface area contributed by atoms with Crippen molar-refractivity contribution < 1.29 is 79.9 Å². The summed E-state index contributed by atoms with van der Waals surface area (Å²) in [5.74, 6) is -3.62. The van der Waals surface area contributed by atoms with E-state index in [0.717, 1.165) is 65.9 Å². The second-order valence-corrected chi connectivity index (χ2v) is 19.2. The SMILES string of the molecule is CCOC(=O)CC(=O)CCl.COC(=O)/C=C(\N)CF.COC(=O)C1=C(CF)NC2=C(C(=O)OC2)[C@@H]1c1ccccc1C1CC1.COC(=O)C1=C(CF)NC2=C(C(=O)OC2)[C@H]1c1ccccc1C1CC1.O=Cc1ccccc1C1CC1. The van der Waals surface area contributed by atoms with Crippen molar-refractivity contribution in [2.75, 3.05) is 67.1 Å². The van der Waals surface area contributed by atoms with Gasteiger partial charge in [0.2, 0.25) is 0 Å². The number of nitrogens with two attached hydrogens (primary N) is 1. The highest BCUT2D eigenvalue weighted by molar-refractivity contribution is 6.28. The van der Waals surface area contributed by atoms with E-state index < -0.39 is 67.7 Å². The van der Waals surface area contributed by atoms with Crippen molar-refractivity contribution in [1.29, 1.82) is 0 Å². The Labute approximate surface area is 465 Å². The van der Waals surface area contributed by atoms with Crippen molar-refractivity contribution in [2.24, 2.45) is 5.73 Å². The van der Waals surface area contributed by atoms with Crippen LogP contribution in [0.4, 0.5) is 13.2 Å². The van der Waals surface area contributed by atoms with E-state index in [1.54, 1.807) is 6.92 Å². The summed E-state index contributed by atoms with van der Waals surface area (Å²) >= 11 is 5.14. The van der Waals surface area contributed by atoms with Gasteiger partial charge in [-0.05, 0) is 91.0 Å². The number of rotatable bonds is 16. The summed E-state index contributed by atoms with van der Waals surface area (Å²) in [6.07, 6.45) is 8.45. The molecule has 2 atom stereocenters. The summed E-state index contributed by atoms with van der Waals surface area (Å²) in [7, 11) is 3.71. The number of carbonyl (C=O) groups is 8. The molecule has 21 heteroatoms. The maximum absolute atomic E-state index is 13.7. The highest BCUT2D eigenvalue weighted by Crippen LogP contribution is 2.50. The predicted molar refractivity (Wildman–Crippen MR) is 286 cm³/mol. The third kappa shape index (κ3) is 15.4. The Morgan fingerprint density at radius 2 is 1.06 bits per heavy atom. The van der Waals surface area contributed by atoms with Crippen molar-refractivity contribution in [3.8, 4) is 0 Å². The average molecular weight is 1130 g/mol. The molecule has 0 amide bonds. The topological polar surface area (TPSA) is 242 Å². The minimum Gasteiger partial charge on any atom is -0.466 e. The smallest absolute Gasteiger partial charge is 0.337 e. The summed E-state index contributed by atoms with van der Waals surface area (Å²) in [4.78, 5) is 91.4. The number of halogens is 4. The Kier molecular flexibility index (Phi) is 22.4. The van der Waals surface area contributed by atoms with Crippen molar-refractivity contribution >= 4 is 59.5 Å². The van der Waals surface area contributed by atoms with Gasteiger partial charge in [0.1, 0.15) is 45.9 Å². The van der Waals surface area contributed by atoms with Crippen molar-refractivity contribution in [3.63, 3.8) is 0 Å². The molecule has 0 saturated heterocycles. The first-order chi connectivity index (χ1) is 38.6. The standard InChI is InChI=1S/2C19H18FNO4.C10H10O.C6H9ClO3.C5H8FNO2/c2*1-24-18(22)16-13(8-20)21-14-9-25-19(23)17(14)15(16)12-5-3-2-4-11(12)10-6-7-10;11-7-9-3-1-2-4-10(9)8-5-6-8;1-2-10-6(9)3-5(8)4-7;1-9-5(8)2-4(7)3-6/h2*2-5,10,15,21H,6-9H2,1H3;1-4,7-8H,5-6H2;2-4H2,1H3;2H,3,7H2,1H3/b;;;;4-2-/t2*15-;;;/m10.../s1. The highest BCUT2D eigenvalue weighted by Gasteiger charge is 2.46. The van der Waals surface area contributed by atoms with E-state index in [9.17, 15) is 51.5 Å². The summed E-state index contributed by atoms with van der Waals surface area (Å²) in [5.41, 5.74) is 13.2. The number of hydrogen-bond donors (Lipinski definition) is 3. The minimum absolute atomic E-state index is 0.0637. The maximum Gasteiger partial charge on any atom is 0.337 e. The number of ether oxygens (including phenoxy) is 6. The van der Waals surface area contributed by atoms with E-state index in [2.05, 4.69) is 26.2 Å². The van der Waals surface area contributed by atoms with E-state index in [4.69, 9.17) is 36.3 Å². The monoisotopic (exact) mass is 1130 g/mol. The number of esters is 6. The molecule has 0 radical (unpaired) electrons. The minimum atomic E-state index is -0.850. The number of Topliss-reactive ketones (excluding diaryl/α,β-unsaturated/α-hetero) is 1. The van der Waals surface area contributed by atoms with Crippen LogP contribution in [0, 0.1) is 0 Å². The number of allylic oxidation sites excluding steroid dienone is 3.